The summed E-state index contributed by atoms with van der Waals surface area (Å²) >= 11 is 0. The van der Waals surface area contributed by atoms with Crippen LogP contribution in [0.15, 0.2) is 24.3 Å². The van der Waals surface area contributed by atoms with E-state index in [9.17, 15) is 5.11 Å². The molecule has 0 amide bonds. The Hall–Kier alpha value is -0.900. The minimum atomic E-state index is 0.119. The molecule has 3 nitrogen and oxygen atoms in total. The molecule has 0 bridgehead atoms. The van der Waals surface area contributed by atoms with Gasteiger partial charge in [0.1, 0.15) is 0 Å². The Balaban J connectivity index is 1.56. The van der Waals surface area contributed by atoms with Gasteiger partial charge in [-0.15, -0.1) is 0 Å². The van der Waals surface area contributed by atoms with Crippen molar-refractivity contribution < 1.29 is 9.84 Å². The van der Waals surface area contributed by atoms with Crippen LogP contribution in [0.4, 0.5) is 0 Å². The average molecular weight is 275 g/mol. The Morgan fingerprint density at radius 3 is 2.80 bits per heavy atom. The number of aliphatic hydroxyl groups excluding tert-OH is 1. The van der Waals surface area contributed by atoms with Gasteiger partial charge in [-0.05, 0) is 37.3 Å². The molecule has 2 aliphatic carbocycles. The molecule has 2 unspecified atom stereocenters. The third kappa shape index (κ3) is 2.39. The molecule has 1 aromatic carbocycles. The first-order valence-electron chi connectivity index (χ1n) is 7.82. The van der Waals surface area contributed by atoms with Crippen molar-refractivity contribution in [3.8, 4) is 0 Å². The van der Waals surface area contributed by atoms with Crippen molar-refractivity contribution in [1.82, 2.24) is 5.32 Å². The van der Waals surface area contributed by atoms with Crippen LogP contribution < -0.4 is 5.32 Å². The summed E-state index contributed by atoms with van der Waals surface area (Å²) in [4.78, 5) is 0. The zero-order chi connectivity index (χ0) is 14.0. The lowest BCUT2D eigenvalue weighted by molar-refractivity contribution is -0.173. The molecule has 0 aromatic heterocycles. The third-order valence-corrected chi connectivity index (χ3v) is 5.16. The molecular formula is C17H25NO2. The number of hydrogen-bond donors (Lipinski definition) is 2. The summed E-state index contributed by atoms with van der Waals surface area (Å²) in [6, 6.07) is 8.79. The Labute approximate surface area is 121 Å². The van der Waals surface area contributed by atoms with Gasteiger partial charge in [-0.1, -0.05) is 30.7 Å². The highest BCUT2D eigenvalue weighted by molar-refractivity contribution is 5.23. The standard InChI is InChI=1S/C17H25NO2/c1-2-20-16-10-15(17(16)7-4-8-17)18-11-13-5-3-6-14(9-13)12-19/h3,5-6,9,15-16,18-19H,2,4,7-8,10-12H2,1H3. The normalized spacial score (nSPS) is 27.1. The summed E-state index contributed by atoms with van der Waals surface area (Å²) in [6.07, 6.45) is 5.59. The fourth-order valence-corrected chi connectivity index (χ4v) is 3.80. The second-order valence-electron chi connectivity index (χ2n) is 6.18. The SMILES string of the molecule is CCOC1CC(NCc2cccc(CO)c2)C12CCC2. The Morgan fingerprint density at radius 2 is 2.15 bits per heavy atom. The minimum absolute atomic E-state index is 0.119. The number of benzene rings is 1. The quantitative estimate of drug-likeness (QED) is 0.838. The Morgan fingerprint density at radius 1 is 1.35 bits per heavy atom. The van der Waals surface area contributed by atoms with E-state index in [2.05, 4.69) is 24.4 Å². The van der Waals surface area contributed by atoms with Crippen LogP contribution in [0.2, 0.25) is 0 Å². The minimum Gasteiger partial charge on any atom is -0.392 e. The molecule has 1 aromatic rings. The highest BCUT2D eigenvalue weighted by Gasteiger charge is 2.58. The van der Waals surface area contributed by atoms with E-state index in [0.29, 0.717) is 17.6 Å². The lowest BCUT2D eigenvalue weighted by Crippen LogP contribution is -2.66. The van der Waals surface area contributed by atoms with Crippen LogP contribution in [-0.2, 0) is 17.9 Å². The topological polar surface area (TPSA) is 41.5 Å². The molecule has 0 aliphatic heterocycles. The highest BCUT2D eigenvalue weighted by atomic mass is 16.5. The molecule has 2 atom stereocenters. The van der Waals surface area contributed by atoms with E-state index in [-0.39, 0.29) is 6.61 Å². The lowest BCUT2D eigenvalue weighted by atomic mass is 9.51. The van der Waals surface area contributed by atoms with Crippen molar-refractivity contribution in [3.63, 3.8) is 0 Å². The van der Waals surface area contributed by atoms with Crippen molar-refractivity contribution in [2.24, 2.45) is 5.41 Å². The second kappa shape index (κ2) is 5.84. The molecule has 110 valence electrons. The van der Waals surface area contributed by atoms with E-state index in [0.717, 1.165) is 25.1 Å². The van der Waals surface area contributed by atoms with Gasteiger partial charge in [0.05, 0.1) is 12.7 Å². The second-order valence-corrected chi connectivity index (χ2v) is 6.18. The van der Waals surface area contributed by atoms with Gasteiger partial charge in [0.25, 0.3) is 0 Å². The molecule has 1 spiro atoms. The van der Waals surface area contributed by atoms with Crippen LogP contribution >= 0.6 is 0 Å². The Bertz CT molecular complexity index is 456. The maximum absolute atomic E-state index is 9.18. The van der Waals surface area contributed by atoms with Crippen LogP contribution in [0.3, 0.4) is 0 Å². The predicted molar refractivity (Wildman–Crippen MR) is 79.3 cm³/mol. The molecule has 2 fully saturated rings. The molecule has 0 heterocycles. The van der Waals surface area contributed by atoms with Gasteiger partial charge in [-0.25, -0.2) is 0 Å². The molecule has 2 N–H and O–H groups in total. The number of aliphatic hydroxyl groups is 1. The van der Waals surface area contributed by atoms with Gasteiger partial charge in [0, 0.05) is 24.6 Å². The van der Waals surface area contributed by atoms with E-state index in [1.165, 1.54) is 24.8 Å². The van der Waals surface area contributed by atoms with Crippen LogP contribution in [-0.4, -0.2) is 23.9 Å². The molecule has 3 rings (SSSR count). The molecule has 20 heavy (non-hydrogen) atoms. The molecule has 0 saturated heterocycles. The van der Waals surface area contributed by atoms with Gasteiger partial charge >= 0.3 is 0 Å². The van der Waals surface area contributed by atoms with Crippen molar-refractivity contribution in [1.29, 1.82) is 0 Å². The fourth-order valence-electron chi connectivity index (χ4n) is 3.80. The lowest BCUT2D eigenvalue weighted by Gasteiger charge is -2.61. The smallest absolute Gasteiger partial charge is 0.0681 e. The molecule has 2 aliphatic rings. The molecule has 3 heteroatoms. The van der Waals surface area contributed by atoms with Crippen molar-refractivity contribution >= 4 is 0 Å². The van der Waals surface area contributed by atoms with Crippen LogP contribution in [0.1, 0.15) is 43.7 Å². The van der Waals surface area contributed by atoms with Crippen LogP contribution in [0.25, 0.3) is 0 Å². The van der Waals surface area contributed by atoms with Gasteiger partial charge in [-0.2, -0.15) is 0 Å². The van der Waals surface area contributed by atoms with Gasteiger partial charge in [-0.3, -0.25) is 0 Å². The first kappa shape index (κ1) is 14.1. The molecule has 2 saturated carbocycles. The number of hydrogen-bond acceptors (Lipinski definition) is 3. The Kier molecular flexibility index (Phi) is 4.11. The monoisotopic (exact) mass is 275 g/mol. The maximum Gasteiger partial charge on any atom is 0.0681 e. The zero-order valence-electron chi connectivity index (χ0n) is 12.3. The van der Waals surface area contributed by atoms with Crippen LogP contribution in [0.5, 0.6) is 0 Å². The largest absolute Gasteiger partial charge is 0.392 e. The van der Waals surface area contributed by atoms with E-state index >= 15 is 0 Å². The number of rotatable bonds is 6. The van der Waals surface area contributed by atoms with E-state index < -0.39 is 0 Å². The van der Waals surface area contributed by atoms with Crippen molar-refractivity contribution in [2.75, 3.05) is 6.61 Å². The number of nitrogens with one attached hydrogen (secondary N) is 1. The summed E-state index contributed by atoms with van der Waals surface area (Å²) in [5.41, 5.74) is 2.67. The van der Waals surface area contributed by atoms with E-state index in [1.807, 2.05) is 12.1 Å². The number of ether oxygens (including phenoxy) is 1. The first-order valence-corrected chi connectivity index (χ1v) is 7.82. The van der Waals surface area contributed by atoms with Gasteiger partial charge in [0.2, 0.25) is 0 Å². The summed E-state index contributed by atoms with van der Waals surface area (Å²) < 4.78 is 5.88. The molecule has 0 radical (unpaired) electrons. The van der Waals surface area contributed by atoms with Gasteiger partial charge < -0.3 is 15.2 Å². The summed E-state index contributed by atoms with van der Waals surface area (Å²) in [7, 11) is 0. The average Bonchev–Trinajstić information content (AvgIpc) is 2.40. The van der Waals surface area contributed by atoms with Crippen LogP contribution in [0, 0.1) is 5.41 Å². The first-order chi connectivity index (χ1) is 9.78. The van der Waals surface area contributed by atoms with E-state index in [4.69, 9.17) is 4.74 Å². The predicted octanol–water partition coefficient (Wildman–Crippen LogP) is 2.62. The summed E-state index contributed by atoms with van der Waals surface area (Å²) in [5.74, 6) is 0. The maximum atomic E-state index is 9.18. The molecular weight excluding hydrogens is 250 g/mol. The summed E-state index contributed by atoms with van der Waals surface area (Å²) in [5, 5.41) is 12.9. The third-order valence-electron chi connectivity index (χ3n) is 5.16. The highest BCUT2D eigenvalue weighted by Crippen LogP contribution is 2.57. The van der Waals surface area contributed by atoms with Crippen molar-refractivity contribution in [3.05, 3.63) is 35.4 Å². The summed E-state index contributed by atoms with van der Waals surface area (Å²) in [6.45, 7) is 3.93. The van der Waals surface area contributed by atoms with Crippen molar-refractivity contribution in [2.45, 2.75) is 57.9 Å². The van der Waals surface area contributed by atoms with E-state index in [1.54, 1.807) is 0 Å². The zero-order valence-corrected chi connectivity index (χ0v) is 12.3. The fraction of sp³-hybridized carbons (Fsp3) is 0.647. The van der Waals surface area contributed by atoms with Gasteiger partial charge in [0.15, 0.2) is 0 Å².